The second-order valence-corrected chi connectivity index (χ2v) is 6.63. The smallest absolute Gasteiger partial charge is 0.273 e. The molecule has 2 heterocycles. The number of aliphatic hydroxyl groups excluding tert-OH is 1. The summed E-state index contributed by atoms with van der Waals surface area (Å²) in [5.41, 5.74) is 1.83. The van der Waals surface area contributed by atoms with E-state index < -0.39 is 6.10 Å². The van der Waals surface area contributed by atoms with E-state index in [4.69, 9.17) is 4.52 Å². The van der Waals surface area contributed by atoms with Gasteiger partial charge in [-0.3, -0.25) is 9.48 Å². The second-order valence-electron chi connectivity index (χ2n) is 6.63. The molecule has 1 aliphatic carbocycles. The van der Waals surface area contributed by atoms with Crippen LogP contribution in [0.2, 0.25) is 0 Å². The van der Waals surface area contributed by atoms with Gasteiger partial charge in [0.15, 0.2) is 11.5 Å². The third-order valence-corrected chi connectivity index (χ3v) is 4.68. The number of rotatable bonds is 5. The molecule has 134 valence electrons. The lowest BCUT2D eigenvalue weighted by Crippen LogP contribution is -2.45. The minimum absolute atomic E-state index is 0.0866. The summed E-state index contributed by atoms with van der Waals surface area (Å²) < 4.78 is 7.13. The van der Waals surface area contributed by atoms with Crippen LogP contribution >= 0.6 is 0 Å². The molecule has 26 heavy (non-hydrogen) atoms. The van der Waals surface area contributed by atoms with Gasteiger partial charge >= 0.3 is 0 Å². The Hall–Kier alpha value is -2.93. The number of benzene rings is 1. The van der Waals surface area contributed by atoms with E-state index >= 15 is 0 Å². The van der Waals surface area contributed by atoms with E-state index in [1.165, 1.54) is 0 Å². The van der Waals surface area contributed by atoms with E-state index in [1.807, 2.05) is 47.3 Å². The summed E-state index contributed by atoms with van der Waals surface area (Å²) in [6.07, 6.45) is 2.90. The van der Waals surface area contributed by atoms with Crippen molar-refractivity contribution in [3.63, 3.8) is 0 Å². The number of amides is 1. The quantitative estimate of drug-likeness (QED) is 0.736. The maximum absolute atomic E-state index is 12.3. The van der Waals surface area contributed by atoms with E-state index in [9.17, 15) is 9.90 Å². The summed E-state index contributed by atoms with van der Waals surface area (Å²) in [7, 11) is 0. The van der Waals surface area contributed by atoms with Crippen LogP contribution in [0, 0.1) is 0 Å². The second kappa shape index (κ2) is 6.76. The monoisotopic (exact) mass is 352 g/mol. The summed E-state index contributed by atoms with van der Waals surface area (Å²) in [5.74, 6) is 0.342. The van der Waals surface area contributed by atoms with Crippen LogP contribution in [0.1, 0.15) is 48.1 Å². The van der Waals surface area contributed by atoms with Gasteiger partial charge in [0.2, 0.25) is 0 Å². The van der Waals surface area contributed by atoms with Crippen molar-refractivity contribution in [3.8, 4) is 11.3 Å². The van der Waals surface area contributed by atoms with E-state index in [2.05, 4.69) is 15.6 Å². The Morgan fingerprint density at radius 1 is 1.31 bits per heavy atom. The van der Waals surface area contributed by atoms with Crippen LogP contribution in [0.5, 0.6) is 0 Å². The zero-order valence-corrected chi connectivity index (χ0v) is 14.4. The van der Waals surface area contributed by atoms with Gasteiger partial charge in [-0.1, -0.05) is 35.5 Å². The fourth-order valence-electron chi connectivity index (χ4n) is 3.08. The van der Waals surface area contributed by atoms with Crippen LogP contribution in [0.3, 0.4) is 0 Å². The van der Waals surface area contributed by atoms with Gasteiger partial charge in [-0.2, -0.15) is 5.10 Å². The Balaban J connectivity index is 1.33. The molecule has 1 atom stereocenters. The maximum Gasteiger partial charge on any atom is 0.273 e. The number of aliphatic hydroxyl groups is 1. The molecule has 1 fully saturated rings. The number of hydrogen-bond acceptors (Lipinski definition) is 5. The topological polar surface area (TPSA) is 93.2 Å². The average Bonchev–Trinajstić information content (AvgIpc) is 3.28. The molecule has 7 nitrogen and oxygen atoms in total. The molecular weight excluding hydrogens is 332 g/mol. The number of carbonyl (C=O) groups excluding carboxylic acids is 1. The van der Waals surface area contributed by atoms with Crippen molar-refractivity contribution in [2.75, 3.05) is 0 Å². The molecule has 4 rings (SSSR count). The Labute approximate surface area is 150 Å². The van der Waals surface area contributed by atoms with Crippen molar-refractivity contribution in [1.29, 1.82) is 0 Å². The van der Waals surface area contributed by atoms with Crippen LogP contribution in [0.25, 0.3) is 11.3 Å². The van der Waals surface area contributed by atoms with Crippen molar-refractivity contribution in [2.24, 2.45) is 0 Å². The van der Waals surface area contributed by atoms with Gasteiger partial charge in [-0.15, -0.1) is 0 Å². The van der Waals surface area contributed by atoms with Crippen molar-refractivity contribution < 1.29 is 14.4 Å². The van der Waals surface area contributed by atoms with Gasteiger partial charge in [-0.25, -0.2) is 0 Å². The summed E-state index contributed by atoms with van der Waals surface area (Å²) in [5, 5.41) is 20.8. The van der Waals surface area contributed by atoms with Gasteiger partial charge in [-0.05, 0) is 25.8 Å². The molecule has 0 spiro atoms. The highest BCUT2D eigenvalue weighted by Crippen LogP contribution is 2.32. The first-order valence-corrected chi connectivity index (χ1v) is 8.66. The number of hydrogen-bond donors (Lipinski definition) is 2. The van der Waals surface area contributed by atoms with E-state index in [-0.39, 0.29) is 23.7 Å². The molecule has 0 radical (unpaired) electrons. The maximum atomic E-state index is 12.3. The minimum atomic E-state index is -0.571. The van der Waals surface area contributed by atoms with E-state index in [1.54, 1.807) is 13.0 Å². The summed E-state index contributed by atoms with van der Waals surface area (Å²) in [4.78, 5) is 12.3. The van der Waals surface area contributed by atoms with Gasteiger partial charge in [0, 0.05) is 23.9 Å². The SMILES string of the molecule is C[C@@H](O)c1ccn(C2CC(NC(=O)c3cc(-c4ccccc4)on3)C2)n1. The van der Waals surface area contributed by atoms with Crippen molar-refractivity contribution in [3.05, 3.63) is 60.0 Å². The average molecular weight is 352 g/mol. The number of nitrogens with zero attached hydrogens (tertiary/aromatic N) is 3. The molecule has 2 N–H and O–H groups in total. The summed E-state index contributed by atoms with van der Waals surface area (Å²) >= 11 is 0. The fraction of sp³-hybridized carbons (Fsp3) is 0.316. The van der Waals surface area contributed by atoms with Gasteiger partial charge in [0.05, 0.1) is 17.8 Å². The highest BCUT2D eigenvalue weighted by atomic mass is 16.5. The van der Waals surface area contributed by atoms with Crippen molar-refractivity contribution in [2.45, 2.75) is 38.0 Å². The van der Waals surface area contributed by atoms with Gasteiger partial charge in [0.25, 0.3) is 5.91 Å². The Bertz CT molecular complexity index is 894. The normalized spacial score (nSPS) is 20.4. The molecular formula is C19H20N4O3. The third-order valence-electron chi connectivity index (χ3n) is 4.68. The predicted molar refractivity (Wildman–Crippen MR) is 94.3 cm³/mol. The highest BCUT2D eigenvalue weighted by Gasteiger charge is 2.33. The lowest BCUT2D eigenvalue weighted by molar-refractivity contribution is 0.0879. The first kappa shape index (κ1) is 16.5. The van der Waals surface area contributed by atoms with Gasteiger partial charge < -0.3 is 14.9 Å². The third kappa shape index (κ3) is 3.25. The van der Waals surface area contributed by atoms with Crippen LogP contribution in [-0.2, 0) is 0 Å². The van der Waals surface area contributed by atoms with Gasteiger partial charge in [0.1, 0.15) is 0 Å². The molecule has 2 aromatic heterocycles. The Kier molecular flexibility index (Phi) is 4.30. The number of aromatic nitrogens is 3. The van der Waals surface area contributed by atoms with Crippen LogP contribution < -0.4 is 5.32 Å². The molecule has 1 aromatic carbocycles. The lowest BCUT2D eigenvalue weighted by atomic mass is 9.87. The molecule has 1 aliphatic rings. The molecule has 0 bridgehead atoms. The standard InChI is InChI=1S/C19H20N4O3/c1-12(24)16-7-8-23(21-16)15-9-14(10-15)20-19(25)17-11-18(26-22-17)13-5-3-2-4-6-13/h2-8,11-12,14-15,24H,9-10H2,1H3,(H,20,25)/t12-,14?,15?/m1/s1. The number of carbonyl (C=O) groups is 1. The van der Waals surface area contributed by atoms with Crippen LogP contribution in [-0.4, -0.2) is 32.0 Å². The Morgan fingerprint density at radius 2 is 2.08 bits per heavy atom. The van der Waals surface area contributed by atoms with Crippen molar-refractivity contribution >= 4 is 5.91 Å². The zero-order chi connectivity index (χ0) is 18.1. The molecule has 0 aliphatic heterocycles. The summed E-state index contributed by atoms with van der Waals surface area (Å²) in [6.45, 7) is 1.69. The summed E-state index contributed by atoms with van der Waals surface area (Å²) in [6, 6.07) is 13.3. The first-order valence-electron chi connectivity index (χ1n) is 8.66. The molecule has 1 amide bonds. The molecule has 7 heteroatoms. The van der Waals surface area contributed by atoms with Crippen molar-refractivity contribution in [1.82, 2.24) is 20.3 Å². The Morgan fingerprint density at radius 3 is 2.77 bits per heavy atom. The molecule has 0 saturated heterocycles. The molecule has 0 unspecified atom stereocenters. The lowest BCUT2D eigenvalue weighted by Gasteiger charge is -2.35. The first-order chi connectivity index (χ1) is 12.6. The minimum Gasteiger partial charge on any atom is -0.387 e. The number of nitrogens with one attached hydrogen (secondary N) is 1. The zero-order valence-electron chi connectivity index (χ0n) is 14.4. The molecule has 3 aromatic rings. The highest BCUT2D eigenvalue weighted by molar-refractivity contribution is 5.93. The predicted octanol–water partition coefficient (Wildman–Crippen LogP) is 2.72. The van der Waals surface area contributed by atoms with Crippen LogP contribution in [0.15, 0.2) is 53.2 Å². The van der Waals surface area contributed by atoms with E-state index in [0.29, 0.717) is 11.5 Å². The molecule has 1 saturated carbocycles. The fourth-order valence-corrected chi connectivity index (χ4v) is 3.08. The van der Waals surface area contributed by atoms with E-state index in [0.717, 1.165) is 18.4 Å². The largest absolute Gasteiger partial charge is 0.387 e. The van der Waals surface area contributed by atoms with Crippen LogP contribution in [0.4, 0.5) is 0 Å².